The second kappa shape index (κ2) is 3.56. The number of aromatic hydroxyl groups is 1. The smallest absolute Gasteiger partial charge is 0.163 e. The standard InChI is InChI=1S/C10H11FO2/c1-3-7-4-8(6(2)12)10(13)5-9(7)11/h4-5,13H,3H2,1-2H3. The topological polar surface area (TPSA) is 37.3 Å². The fraction of sp³-hybridized carbons (Fsp3) is 0.300. The largest absolute Gasteiger partial charge is 0.507 e. The number of Topliss-reactive ketones (excluding diaryl/α,β-unsaturated/α-hetero) is 1. The van der Waals surface area contributed by atoms with Crippen LogP contribution in [0, 0.1) is 5.82 Å². The van der Waals surface area contributed by atoms with Gasteiger partial charge in [0.1, 0.15) is 11.6 Å². The molecule has 0 aliphatic rings. The summed E-state index contributed by atoms with van der Waals surface area (Å²) in [5.74, 6) is -1.01. The monoisotopic (exact) mass is 182 g/mol. The van der Waals surface area contributed by atoms with E-state index in [1.54, 1.807) is 6.92 Å². The van der Waals surface area contributed by atoms with Crippen molar-refractivity contribution in [2.75, 3.05) is 0 Å². The van der Waals surface area contributed by atoms with Crippen LogP contribution in [0.3, 0.4) is 0 Å². The summed E-state index contributed by atoms with van der Waals surface area (Å²) >= 11 is 0. The van der Waals surface area contributed by atoms with Gasteiger partial charge in [0.2, 0.25) is 0 Å². The van der Waals surface area contributed by atoms with Crippen molar-refractivity contribution in [3.63, 3.8) is 0 Å². The summed E-state index contributed by atoms with van der Waals surface area (Å²) in [5.41, 5.74) is 0.626. The van der Waals surface area contributed by atoms with Crippen LogP contribution in [0.25, 0.3) is 0 Å². The van der Waals surface area contributed by atoms with Crippen LogP contribution in [0.1, 0.15) is 29.8 Å². The van der Waals surface area contributed by atoms with Crippen LogP contribution in [0.2, 0.25) is 0 Å². The summed E-state index contributed by atoms with van der Waals surface area (Å²) in [5, 5.41) is 9.22. The van der Waals surface area contributed by atoms with Gasteiger partial charge in [-0.3, -0.25) is 4.79 Å². The fourth-order valence-electron chi connectivity index (χ4n) is 1.16. The first-order valence-corrected chi connectivity index (χ1v) is 4.08. The van der Waals surface area contributed by atoms with Crippen LogP contribution < -0.4 is 0 Å². The molecule has 0 aliphatic carbocycles. The SMILES string of the molecule is CCc1cc(C(C)=O)c(O)cc1F. The second-order valence-electron chi connectivity index (χ2n) is 2.87. The summed E-state index contributed by atoms with van der Waals surface area (Å²) in [6.07, 6.45) is 0.506. The van der Waals surface area contributed by atoms with Gasteiger partial charge in [-0.05, 0) is 25.0 Å². The molecule has 1 rings (SSSR count). The Balaban J connectivity index is 3.30. The van der Waals surface area contributed by atoms with E-state index in [1.165, 1.54) is 13.0 Å². The predicted octanol–water partition coefficient (Wildman–Crippen LogP) is 2.30. The molecule has 0 radical (unpaired) electrons. The molecule has 0 heterocycles. The number of hydrogen-bond acceptors (Lipinski definition) is 2. The first-order chi connectivity index (χ1) is 6.06. The van der Waals surface area contributed by atoms with Gasteiger partial charge in [-0.15, -0.1) is 0 Å². The van der Waals surface area contributed by atoms with Gasteiger partial charge in [-0.25, -0.2) is 4.39 Å². The highest BCUT2D eigenvalue weighted by Gasteiger charge is 2.10. The number of benzene rings is 1. The van der Waals surface area contributed by atoms with E-state index in [9.17, 15) is 14.3 Å². The molecular weight excluding hydrogens is 171 g/mol. The van der Waals surface area contributed by atoms with Crippen molar-refractivity contribution in [1.29, 1.82) is 0 Å². The van der Waals surface area contributed by atoms with Crippen molar-refractivity contribution in [2.24, 2.45) is 0 Å². The first kappa shape index (κ1) is 9.71. The lowest BCUT2D eigenvalue weighted by molar-refractivity contribution is 0.101. The van der Waals surface area contributed by atoms with Gasteiger partial charge < -0.3 is 5.11 Å². The zero-order valence-corrected chi connectivity index (χ0v) is 7.60. The zero-order chi connectivity index (χ0) is 10.0. The van der Waals surface area contributed by atoms with Crippen LogP contribution in [0.4, 0.5) is 4.39 Å². The third kappa shape index (κ3) is 1.86. The minimum absolute atomic E-state index is 0.179. The van der Waals surface area contributed by atoms with E-state index in [1.807, 2.05) is 0 Å². The Morgan fingerprint density at radius 2 is 2.15 bits per heavy atom. The van der Waals surface area contributed by atoms with Crippen LogP contribution in [0.15, 0.2) is 12.1 Å². The molecule has 0 saturated carbocycles. The molecule has 0 aliphatic heterocycles. The lowest BCUT2D eigenvalue weighted by Crippen LogP contribution is -1.97. The summed E-state index contributed by atoms with van der Waals surface area (Å²) in [6, 6.07) is 2.38. The molecule has 0 fully saturated rings. The number of ketones is 1. The van der Waals surface area contributed by atoms with Crippen molar-refractivity contribution in [3.05, 3.63) is 29.1 Å². The Morgan fingerprint density at radius 3 is 2.62 bits per heavy atom. The number of hydrogen-bond donors (Lipinski definition) is 1. The highest BCUT2D eigenvalue weighted by molar-refractivity contribution is 5.96. The molecule has 13 heavy (non-hydrogen) atoms. The van der Waals surface area contributed by atoms with Gasteiger partial charge >= 0.3 is 0 Å². The van der Waals surface area contributed by atoms with E-state index < -0.39 is 5.82 Å². The van der Waals surface area contributed by atoms with Gasteiger partial charge in [0.15, 0.2) is 5.78 Å². The average Bonchev–Trinajstić information content (AvgIpc) is 2.03. The molecule has 0 unspecified atom stereocenters. The van der Waals surface area contributed by atoms with Gasteiger partial charge in [0.05, 0.1) is 5.56 Å². The summed E-state index contributed by atoms with van der Waals surface area (Å²) in [6.45, 7) is 3.13. The zero-order valence-electron chi connectivity index (χ0n) is 7.60. The van der Waals surface area contributed by atoms with Crippen molar-refractivity contribution in [2.45, 2.75) is 20.3 Å². The highest BCUT2D eigenvalue weighted by atomic mass is 19.1. The van der Waals surface area contributed by atoms with Crippen molar-refractivity contribution in [3.8, 4) is 5.75 Å². The number of halogens is 1. The number of aryl methyl sites for hydroxylation is 1. The number of carbonyl (C=O) groups excluding carboxylic acids is 1. The van der Waals surface area contributed by atoms with E-state index in [4.69, 9.17) is 0 Å². The third-order valence-corrected chi connectivity index (χ3v) is 1.92. The quantitative estimate of drug-likeness (QED) is 0.712. The normalized spacial score (nSPS) is 10.1. The highest BCUT2D eigenvalue weighted by Crippen LogP contribution is 2.22. The van der Waals surface area contributed by atoms with Gasteiger partial charge in [0, 0.05) is 6.07 Å². The minimum Gasteiger partial charge on any atom is -0.507 e. The molecule has 70 valence electrons. The first-order valence-electron chi connectivity index (χ1n) is 4.08. The Bertz CT molecular complexity index is 345. The average molecular weight is 182 g/mol. The maximum absolute atomic E-state index is 13.0. The molecule has 0 saturated heterocycles. The van der Waals surface area contributed by atoms with Crippen LogP contribution >= 0.6 is 0 Å². The molecule has 1 aromatic carbocycles. The van der Waals surface area contributed by atoms with Gasteiger partial charge in [0.25, 0.3) is 0 Å². The molecule has 3 heteroatoms. The Morgan fingerprint density at radius 1 is 1.54 bits per heavy atom. The number of phenols is 1. The molecule has 0 aromatic heterocycles. The summed E-state index contributed by atoms with van der Waals surface area (Å²) in [7, 11) is 0. The van der Waals surface area contributed by atoms with E-state index in [2.05, 4.69) is 0 Å². The minimum atomic E-state index is -0.468. The maximum Gasteiger partial charge on any atom is 0.163 e. The van der Waals surface area contributed by atoms with E-state index in [0.717, 1.165) is 6.07 Å². The number of carbonyl (C=O) groups is 1. The lowest BCUT2D eigenvalue weighted by atomic mass is 10.0. The van der Waals surface area contributed by atoms with Gasteiger partial charge in [-0.1, -0.05) is 6.92 Å². The van der Waals surface area contributed by atoms with Crippen LogP contribution in [-0.4, -0.2) is 10.9 Å². The molecule has 0 amide bonds. The predicted molar refractivity (Wildman–Crippen MR) is 47.4 cm³/mol. The van der Waals surface area contributed by atoms with E-state index in [-0.39, 0.29) is 17.1 Å². The van der Waals surface area contributed by atoms with Crippen molar-refractivity contribution >= 4 is 5.78 Å². The maximum atomic E-state index is 13.0. The molecule has 1 N–H and O–H groups in total. The lowest BCUT2D eigenvalue weighted by Gasteiger charge is -2.04. The molecule has 0 bridgehead atoms. The van der Waals surface area contributed by atoms with E-state index >= 15 is 0 Å². The molecule has 1 aromatic rings. The van der Waals surface area contributed by atoms with Crippen molar-refractivity contribution in [1.82, 2.24) is 0 Å². The van der Waals surface area contributed by atoms with Crippen LogP contribution in [0.5, 0.6) is 5.75 Å². The molecule has 0 spiro atoms. The molecule has 2 nitrogen and oxygen atoms in total. The molecule has 0 atom stereocenters. The number of phenolic OH excluding ortho intramolecular Hbond substituents is 1. The van der Waals surface area contributed by atoms with E-state index in [0.29, 0.717) is 12.0 Å². The Hall–Kier alpha value is -1.38. The Kier molecular flexibility index (Phi) is 2.66. The van der Waals surface area contributed by atoms with Gasteiger partial charge in [-0.2, -0.15) is 0 Å². The fourth-order valence-corrected chi connectivity index (χ4v) is 1.16. The summed E-state index contributed by atoms with van der Waals surface area (Å²) < 4.78 is 13.0. The van der Waals surface area contributed by atoms with Crippen molar-refractivity contribution < 1.29 is 14.3 Å². The third-order valence-electron chi connectivity index (χ3n) is 1.92. The summed E-state index contributed by atoms with van der Waals surface area (Å²) in [4.78, 5) is 11.0. The second-order valence-corrected chi connectivity index (χ2v) is 2.87. The Labute approximate surface area is 76.0 Å². The van der Waals surface area contributed by atoms with Crippen LogP contribution in [-0.2, 0) is 6.42 Å². The molecular formula is C10H11FO2. The number of rotatable bonds is 2.